The summed E-state index contributed by atoms with van der Waals surface area (Å²) >= 11 is 0. The summed E-state index contributed by atoms with van der Waals surface area (Å²) in [6.45, 7) is 11.5. The van der Waals surface area contributed by atoms with E-state index in [1.54, 1.807) is 9.80 Å². The molecule has 0 aliphatic carbocycles. The van der Waals surface area contributed by atoms with Crippen LogP contribution in [0.2, 0.25) is 0 Å². The molecular formula is C18H30N6+2. The summed E-state index contributed by atoms with van der Waals surface area (Å²) in [5.41, 5.74) is 1.25. The molecule has 0 spiro atoms. The van der Waals surface area contributed by atoms with Gasteiger partial charge in [-0.05, 0) is 22.9 Å². The minimum Gasteiger partial charge on any atom is -0.326 e. The first-order chi connectivity index (χ1) is 11.8. The largest absolute Gasteiger partial charge is 0.326 e. The van der Waals surface area contributed by atoms with E-state index in [4.69, 9.17) is 0 Å². The topological polar surface area (TPSA) is 52.5 Å². The van der Waals surface area contributed by atoms with Crippen LogP contribution in [0.15, 0.2) is 30.3 Å². The zero-order chi connectivity index (χ0) is 16.8. The van der Waals surface area contributed by atoms with E-state index in [1.807, 2.05) is 10.7 Å². The van der Waals surface area contributed by atoms with Crippen molar-refractivity contribution in [2.45, 2.75) is 39.3 Å². The van der Waals surface area contributed by atoms with Gasteiger partial charge in [0.15, 0.2) is 0 Å². The third-order valence-electron chi connectivity index (χ3n) is 5.22. The average Bonchev–Trinajstić information content (AvgIpc) is 3.08. The molecule has 6 nitrogen and oxygen atoms in total. The molecule has 1 aromatic carbocycles. The van der Waals surface area contributed by atoms with Gasteiger partial charge in [0.2, 0.25) is 5.82 Å². The number of hydrogen-bond acceptors (Lipinski definition) is 3. The predicted octanol–water partition coefficient (Wildman–Crippen LogP) is -0.634. The molecule has 1 aromatic heterocycles. The van der Waals surface area contributed by atoms with Crippen LogP contribution >= 0.6 is 0 Å². The normalized spacial score (nSPS) is 22.4. The number of benzene rings is 1. The second-order valence-corrected chi connectivity index (χ2v) is 6.78. The Hall–Kier alpha value is -1.79. The van der Waals surface area contributed by atoms with Crippen LogP contribution in [0.3, 0.4) is 0 Å². The molecule has 2 N–H and O–H groups in total. The lowest BCUT2D eigenvalue weighted by molar-refractivity contribution is -1.03. The number of rotatable bonds is 7. The van der Waals surface area contributed by atoms with E-state index in [0.29, 0.717) is 6.04 Å². The standard InChI is InChI=1S/C18H28N6/c1-3-8-17(23-13-11-22(4-2)12-14-23)18-19-20-21-24(18)15-16-9-6-5-7-10-16/h5-7,9-10,17H,3-4,8,11-15H2,1-2H3/p+2/t17-/m1/s1. The van der Waals surface area contributed by atoms with E-state index in [2.05, 4.69) is 53.6 Å². The molecule has 2 aromatic rings. The maximum atomic E-state index is 4.42. The van der Waals surface area contributed by atoms with Gasteiger partial charge in [0.05, 0.1) is 13.1 Å². The smallest absolute Gasteiger partial charge is 0.209 e. The van der Waals surface area contributed by atoms with Crippen LogP contribution in [0.4, 0.5) is 0 Å². The Balaban J connectivity index is 1.76. The molecular weight excluding hydrogens is 300 g/mol. The zero-order valence-electron chi connectivity index (χ0n) is 14.9. The van der Waals surface area contributed by atoms with Gasteiger partial charge in [-0.15, -0.1) is 5.10 Å². The molecule has 3 rings (SSSR count). The van der Waals surface area contributed by atoms with Gasteiger partial charge in [-0.25, -0.2) is 4.68 Å². The molecule has 0 amide bonds. The highest BCUT2D eigenvalue weighted by Crippen LogP contribution is 2.13. The lowest BCUT2D eigenvalue weighted by atomic mass is 10.1. The van der Waals surface area contributed by atoms with Crippen LogP contribution < -0.4 is 9.80 Å². The van der Waals surface area contributed by atoms with Crippen LogP contribution in [-0.4, -0.2) is 52.9 Å². The molecule has 1 aliphatic rings. The van der Waals surface area contributed by atoms with Crippen molar-refractivity contribution in [3.8, 4) is 0 Å². The van der Waals surface area contributed by atoms with Crippen molar-refractivity contribution in [1.82, 2.24) is 20.2 Å². The molecule has 2 heterocycles. The van der Waals surface area contributed by atoms with Crippen molar-refractivity contribution in [2.75, 3.05) is 32.7 Å². The van der Waals surface area contributed by atoms with Gasteiger partial charge in [0.1, 0.15) is 32.2 Å². The Labute approximate surface area is 144 Å². The first-order valence-electron chi connectivity index (χ1n) is 9.30. The zero-order valence-corrected chi connectivity index (χ0v) is 14.9. The lowest BCUT2D eigenvalue weighted by Gasteiger charge is -2.33. The van der Waals surface area contributed by atoms with Gasteiger partial charge in [-0.1, -0.05) is 43.7 Å². The molecule has 1 saturated heterocycles. The fraction of sp³-hybridized carbons (Fsp3) is 0.611. The van der Waals surface area contributed by atoms with Crippen molar-refractivity contribution in [3.63, 3.8) is 0 Å². The molecule has 1 aliphatic heterocycles. The van der Waals surface area contributed by atoms with E-state index in [9.17, 15) is 0 Å². The molecule has 24 heavy (non-hydrogen) atoms. The summed E-state index contributed by atoms with van der Waals surface area (Å²) in [4.78, 5) is 3.37. The highest BCUT2D eigenvalue weighted by molar-refractivity contribution is 5.15. The summed E-state index contributed by atoms with van der Waals surface area (Å²) in [5, 5.41) is 12.7. The first kappa shape index (κ1) is 17.0. The van der Waals surface area contributed by atoms with Crippen LogP contribution in [0.25, 0.3) is 0 Å². The SMILES string of the molecule is CCC[C@H](c1nnnn1Cc1ccccc1)[NH+]1CC[NH+](CC)CC1. The van der Waals surface area contributed by atoms with Crippen LogP contribution in [-0.2, 0) is 6.54 Å². The van der Waals surface area contributed by atoms with E-state index >= 15 is 0 Å². The second kappa shape index (κ2) is 8.35. The number of quaternary nitrogens is 2. The fourth-order valence-corrected chi connectivity index (χ4v) is 3.76. The molecule has 1 atom stereocenters. The van der Waals surface area contributed by atoms with Crippen LogP contribution in [0, 0.1) is 0 Å². The molecule has 0 unspecified atom stereocenters. The summed E-state index contributed by atoms with van der Waals surface area (Å²) in [7, 11) is 0. The van der Waals surface area contributed by atoms with Crippen molar-refractivity contribution in [1.29, 1.82) is 0 Å². The molecule has 1 fully saturated rings. The molecule has 130 valence electrons. The van der Waals surface area contributed by atoms with Gasteiger partial charge in [-0.2, -0.15) is 0 Å². The number of piperazine rings is 1. The number of aromatic nitrogens is 4. The third-order valence-corrected chi connectivity index (χ3v) is 5.22. The van der Waals surface area contributed by atoms with Gasteiger partial charge < -0.3 is 9.80 Å². The molecule has 0 radical (unpaired) electrons. The van der Waals surface area contributed by atoms with E-state index < -0.39 is 0 Å². The second-order valence-electron chi connectivity index (χ2n) is 6.78. The van der Waals surface area contributed by atoms with Crippen molar-refractivity contribution < 1.29 is 9.80 Å². The molecule has 0 saturated carbocycles. The quantitative estimate of drug-likeness (QED) is 0.710. The lowest BCUT2D eigenvalue weighted by Crippen LogP contribution is -3.28. The highest BCUT2D eigenvalue weighted by Gasteiger charge is 2.33. The number of hydrogen-bond donors (Lipinski definition) is 2. The Kier molecular flexibility index (Phi) is 5.93. The van der Waals surface area contributed by atoms with E-state index in [-0.39, 0.29) is 0 Å². The van der Waals surface area contributed by atoms with E-state index in [0.717, 1.165) is 25.2 Å². The predicted molar refractivity (Wildman–Crippen MR) is 92.9 cm³/mol. The fourth-order valence-electron chi connectivity index (χ4n) is 3.76. The van der Waals surface area contributed by atoms with Gasteiger partial charge in [0, 0.05) is 6.42 Å². The van der Waals surface area contributed by atoms with Gasteiger partial charge >= 0.3 is 0 Å². The highest BCUT2D eigenvalue weighted by atomic mass is 15.6. The summed E-state index contributed by atoms with van der Waals surface area (Å²) < 4.78 is 2.00. The number of nitrogens with zero attached hydrogens (tertiary/aromatic N) is 4. The van der Waals surface area contributed by atoms with Gasteiger partial charge in [-0.3, -0.25) is 0 Å². The Morgan fingerprint density at radius 1 is 1.08 bits per heavy atom. The average molecular weight is 330 g/mol. The minimum atomic E-state index is 0.409. The van der Waals surface area contributed by atoms with Gasteiger partial charge in [0.25, 0.3) is 0 Å². The molecule has 6 heteroatoms. The summed E-state index contributed by atoms with van der Waals surface area (Å²) in [5.74, 6) is 1.05. The Bertz CT molecular complexity index is 603. The maximum absolute atomic E-state index is 4.42. The maximum Gasteiger partial charge on any atom is 0.209 e. The number of likely N-dealkylation sites (N-methyl/N-ethyl adjacent to an activating group) is 1. The number of nitrogens with one attached hydrogen (secondary N) is 2. The Morgan fingerprint density at radius 2 is 1.83 bits per heavy atom. The summed E-state index contributed by atoms with van der Waals surface area (Å²) in [6, 6.07) is 10.9. The first-order valence-corrected chi connectivity index (χ1v) is 9.30. The van der Waals surface area contributed by atoms with Crippen LogP contribution in [0.1, 0.15) is 44.1 Å². The van der Waals surface area contributed by atoms with Crippen molar-refractivity contribution >= 4 is 0 Å². The molecule has 0 bridgehead atoms. The Morgan fingerprint density at radius 3 is 2.50 bits per heavy atom. The third kappa shape index (κ3) is 3.99. The van der Waals surface area contributed by atoms with Crippen molar-refractivity contribution in [2.24, 2.45) is 0 Å². The van der Waals surface area contributed by atoms with Crippen LogP contribution in [0.5, 0.6) is 0 Å². The van der Waals surface area contributed by atoms with E-state index in [1.165, 1.54) is 38.3 Å². The minimum absolute atomic E-state index is 0.409. The monoisotopic (exact) mass is 330 g/mol. The summed E-state index contributed by atoms with van der Waals surface area (Å²) in [6.07, 6.45) is 2.31. The van der Waals surface area contributed by atoms with Crippen molar-refractivity contribution in [3.05, 3.63) is 41.7 Å². The number of tetrazole rings is 1.